The van der Waals surface area contributed by atoms with Gasteiger partial charge in [-0.05, 0) is 31.4 Å². The minimum Gasteiger partial charge on any atom is -0.391 e. The Balaban J connectivity index is 2.08. The first-order valence-corrected chi connectivity index (χ1v) is 7.18. The summed E-state index contributed by atoms with van der Waals surface area (Å²) in [6.07, 6.45) is 5.92. The Morgan fingerprint density at radius 3 is 2.68 bits per heavy atom. The molecule has 19 heavy (non-hydrogen) atoms. The minimum absolute atomic E-state index is 0.178. The van der Waals surface area contributed by atoms with Gasteiger partial charge in [-0.15, -0.1) is 0 Å². The molecule has 0 bridgehead atoms. The number of likely N-dealkylation sites (N-methyl/N-ethyl adjacent to an activating group) is 1. The van der Waals surface area contributed by atoms with E-state index in [9.17, 15) is 10.2 Å². The van der Waals surface area contributed by atoms with Crippen molar-refractivity contribution in [1.29, 1.82) is 0 Å². The molecule has 0 amide bonds. The molecule has 2 rings (SSSR count). The Morgan fingerprint density at radius 1 is 1.37 bits per heavy atom. The van der Waals surface area contributed by atoms with E-state index in [2.05, 4.69) is 9.88 Å². The van der Waals surface area contributed by atoms with Crippen LogP contribution in [0.1, 0.15) is 50.8 Å². The summed E-state index contributed by atoms with van der Waals surface area (Å²) in [6, 6.07) is 4.02. The second kappa shape index (κ2) is 6.35. The molecule has 0 radical (unpaired) electrons. The van der Waals surface area contributed by atoms with Crippen LogP contribution in [-0.4, -0.2) is 34.4 Å². The quantitative estimate of drug-likeness (QED) is 0.876. The number of pyridine rings is 1. The SMILES string of the molecule is CCC(O)c1ccc(N(C)C2CCCCC2O)cn1. The molecule has 0 saturated heterocycles. The van der Waals surface area contributed by atoms with Crippen LogP contribution < -0.4 is 4.90 Å². The highest BCUT2D eigenvalue weighted by Gasteiger charge is 2.26. The Morgan fingerprint density at radius 2 is 2.11 bits per heavy atom. The third-order valence-corrected chi connectivity index (χ3v) is 4.10. The first-order valence-electron chi connectivity index (χ1n) is 7.18. The highest BCUT2D eigenvalue weighted by Crippen LogP contribution is 2.26. The summed E-state index contributed by atoms with van der Waals surface area (Å²) in [4.78, 5) is 6.43. The number of aromatic nitrogens is 1. The Bertz CT molecular complexity index is 394. The molecule has 1 aliphatic rings. The monoisotopic (exact) mass is 264 g/mol. The Hall–Kier alpha value is -1.13. The lowest BCUT2D eigenvalue weighted by molar-refractivity contribution is 0.106. The van der Waals surface area contributed by atoms with E-state index in [1.54, 1.807) is 6.20 Å². The van der Waals surface area contributed by atoms with Crippen LogP contribution in [0.2, 0.25) is 0 Å². The maximum Gasteiger partial charge on any atom is 0.0957 e. The van der Waals surface area contributed by atoms with E-state index in [1.165, 1.54) is 6.42 Å². The predicted octanol–water partition coefficient (Wildman–Crippen LogP) is 2.26. The zero-order chi connectivity index (χ0) is 13.8. The maximum absolute atomic E-state index is 10.1. The van der Waals surface area contributed by atoms with Gasteiger partial charge in [-0.1, -0.05) is 19.8 Å². The standard InChI is InChI=1S/C15H24N2O2/c1-3-14(18)12-9-8-11(10-16-12)17(2)13-6-4-5-7-15(13)19/h8-10,13-15,18-19H,3-7H2,1-2H3. The number of hydrogen-bond donors (Lipinski definition) is 2. The molecular formula is C15H24N2O2. The van der Waals surface area contributed by atoms with Crippen LogP contribution in [0.25, 0.3) is 0 Å². The van der Waals surface area contributed by atoms with E-state index in [-0.39, 0.29) is 12.1 Å². The van der Waals surface area contributed by atoms with E-state index in [0.29, 0.717) is 12.1 Å². The molecule has 1 heterocycles. The van der Waals surface area contributed by atoms with E-state index in [4.69, 9.17) is 0 Å². The van der Waals surface area contributed by atoms with Gasteiger partial charge >= 0.3 is 0 Å². The number of rotatable bonds is 4. The molecule has 1 aromatic rings. The Labute approximate surface area is 115 Å². The fraction of sp³-hybridized carbons (Fsp3) is 0.667. The van der Waals surface area contributed by atoms with Gasteiger partial charge in [-0.25, -0.2) is 0 Å². The van der Waals surface area contributed by atoms with E-state index >= 15 is 0 Å². The molecule has 1 aliphatic carbocycles. The van der Waals surface area contributed by atoms with Gasteiger partial charge in [0, 0.05) is 7.05 Å². The molecule has 3 unspecified atom stereocenters. The molecular weight excluding hydrogens is 240 g/mol. The number of anilines is 1. The summed E-state index contributed by atoms with van der Waals surface area (Å²) < 4.78 is 0. The predicted molar refractivity (Wildman–Crippen MR) is 76.2 cm³/mol. The van der Waals surface area contributed by atoms with Crippen LogP contribution in [0.15, 0.2) is 18.3 Å². The summed E-state index contributed by atoms with van der Waals surface area (Å²) in [5.41, 5.74) is 1.71. The van der Waals surface area contributed by atoms with Crippen molar-refractivity contribution in [3.05, 3.63) is 24.0 Å². The third kappa shape index (κ3) is 3.25. The van der Waals surface area contributed by atoms with Crippen molar-refractivity contribution in [3.8, 4) is 0 Å². The van der Waals surface area contributed by atoms with Crippen LogP contribution in [0.3, 0.4) is 0 Å². The molecule has 1 aromatic heterocycles. The molecule has 3 atom stereocenters. The van der Waals surface area contributed by atoms with Crippen LogP contribution in [0, 0.1) is 0 Å². The lowest BCUT2D eigenvalue weighted by atomic mass is 9.91. The van der Waals surface area contributed by atoms with Crippen molar-refractivity contribution in [3.63, 3.8) is 0 Å². The van der Waals surface area contributed by atoms with Gasteiger partial charge in [0.1, 0.15) is 0 Å². The average Bonchev–Trinajstić information content (AvgIpc) is 2.46. The number of aliphatic hydroxyl groups is 2. The number of hydrogen-bond acceptors (Lipinski definition) is 4. The topological polar surface area (TPSA) is 56.6 Å². The van der Waals surface area contributed by atoms with Crippen molar-refractivity contribution in [2.75, 3.05) is 11.9 Å². The summed E-state index contributed by atoms with van der Waals surface area (Å²) in [6.45, 7) is 1.94. The van der Waals surface area contributed by atoms with Crippen LogP contribution in [0.5, 0.6) is 0 Å². The first kappa shape index (κ1) is 14.3. The molecule has 4 nitrogen and oxygen atoms in total. The van der Waals surface area contributed by atoms with Crippen molar-refractivity contribution >= 4 is 5.69 Å². The number of nitrogens with zero attached hydrogens (tertiary/aromatic N) is 2. The fourth-order valence-electron chi connectivity index (χ4n) is 2.75. The van der Waals surface area contributed by atoms with Gasteiger partial charge < -0.3 is 15.1 Å². The van der Waals surface area contributed by atoms with Gasteiger partial charge in [-0.2, -0.15) is 0 Å². The highest BCUT2D eigenvalue weighted by molar-refractivity contribution is 5.45. The van der Waals surface area contributed by atoms with Crippen molar-refractivity contribution < 1.29 is 10.2 Å². The summed E-state index contributed by atoms with van der Waals surface area (Å²) >= 11 is 0. The van der Waals surface area contributed by atoms with Crippen molar-refractivity contribution in [1.82, 2.24) is 4.98 Å². The molecule has 4 heteroatoms. The van der Waals surface area contributed by atoms with Gasteiger partial charge in [-0.3, -0.25) is 4.98 Å². The summed E-state index contributed by atoms with van der Waals surface area (Å²) in [5.74, 6) is 0. The largest absolute Gasteiger partial charge is 0.391 e. The zero-order valence-electron chi connectivity index (χ0n) is 11.8. The average molecular weight is 264 g/mol. The number of aliphatic hydroxyl groups excluding tert-OH is 2. The lowest BCUT2D eigenvalue weighted by Crippen LogP contribution is -2.43. The molecule has 0 aliphatic heterocycles. The van der Waals surface area contributed by atoms with Crippen LogP contribution >= 0.6 is 0 Å². The fourth-order valence-corrected chi connectivity index (χ4v) is 2.75. The molecule has 2 N–H and O–H groups in total. The second-order valence-electron chi connectivity index (χ2n) is 5.40. The van der Waals surface area contributed by atoms with E-state index in [1.807, 2.05) is 26.1 Å². The third-order valence-electron chi connectivity index (χ3n) is 4.10. The smallest absolute Gasteiger partial charge is 0.0957 e. The summed E-state index contributed by atoms with van der Waals surface area (Å²) in [7, 11) is 2.01. The minimum atomic E-state index is -0.486. The second-order valence-corrected chi connectivity index (χ2v) is 5.40. The van der Waals surface area contributed by atoms with Gasteiger partial charge in [0.15, 0.2) is 0 Å². The van der Waals surface area contributed by atoms with Gasteiger partial charge in [0.25, 0.3) is 0 Å². The van der Waals surface area contributed by atoms with Gasteiger partial charge in [0.05, 0.1) is 35.8 Å². The normalized spacial score (nSPS) is 25.1. The molecule has 0 spiro atoms. The molecule has 1 saturated carbocycles. The zero-order valence-corrected chi connectivity index (χ0v) is 11.8. The van der Waals surface area contributed by atoms with E-state index < -0.39 is 6.10 Å². The summed E-state index contributed by atoms with van der Waals surface area (Å²) in [5, 5.41) is 19.8. The van der Waals surface area contributed by atoms with Crippen molar-refractivity contribution in [2.24, 2.45) is 0 Å². The van der Waals surface area contributed by atoms with E-state index in [0.717, 1.165) is 24.9 Å². The molecule has 106 valence electrons. The van der Waals surface area contributed by atoms with Crippen LogP contribution in [-0.2, 0) is 0 Å². The molecule has 0 aromatic carbocycles. The maximum atomic E-state index is 10.1. The van der Waals surface area contributed by atoms with Gasteiger partial charge in [0.2, 0.25) is 0 Å². The highest BCUT2D eigenvalue weighted by atomic mass is 16.3. The molecule has 1 fully saturated rings. The first-order chi connectivity index (χ1) is 9.13. The van der Waals surface area contributed by atoms with Crippen molar-refractivity contribution in [2.45, 2.75) is 57.3 Å². The Kier molecular flexibility index (Phi) is 4.77. The lowest BCUT2D eigenvalue weighted by Gasteiger charge is -2.36. The van der Waals surface area contributed by atoms with Crippen LogP contribution in [0.4, 0.5) is 5.69 Å².